The summed E-state index contributed by atoms with van der Waals surface area (Å²) in [5, 5.41) is 20.1. The van der Waals surface area contributed by atoms with E-state index in [0.29, 0.717) is 30.5 Å². The number of aromatic nitrogens is 1. The minimum Gasteiger partial charge on any atom is -0.512 e. The lowest BCUT2D eigenvalue weighted by molar-refractivity contribution is -0.161. The van der Waals surface area contributed by atoms with Crippen LogP contribution in [0.15, 0.2) is 84.3 Å². The van der Waals surface area contributed by atoms with Gasteiger partial charge in [0.05, 0.1) is 11.1 Å². The van der Waals surface area contributed by atoms with Gasteiger partial charge in [-0.2, -0.15) is 9.47 Å². The number of aliphatic hydroxyl groups excluding tert-OH is 1. The Bertz CT molecular complexity index is 1420. The first-order valence-corrected chi connectivity index (χ1v) is 14.5. The number of cyclic esters (lactones) is 1. The highest BCUT2D eigenvalue weighted by Crippen LogP contribution is 2.42. The first kappa shape index (κ1) is 28.8. The Balaban J connectivity index is 1.50. The van der Waals surface area contributed by atoms with Gasteiger partial charge in [0.2, 0.25) is 5.88 Å². The van der Waals surface area contributed by atoms with Crippen molar-refractivity contribution >= 4 is 22.9 Å². The zero-order valence-corrected chi connectivity index (χ0v) is 23.4. The first-order valence-electron chi connectivity index (χ1n) is 13.4. The van der Waals surface area contributed by atoms with Crippen molar-refractivity contribution in [1.29, 1.82) is 5.26 Å². The molecular formula is C31H33N3O5S. The number of pyridine rings is 1. The Hall–Kier alpha value is -4.16. The van der Waals surface area contributed by atoms with E-state index in [9.17, 15) is 14.1 Å². The fourth-order valence-corrected chi connectivity index (χ4v) is 5.76. The first-order chi connectivity index (χ1) is 19.4. The summed E-state index contributed by atoms with van der Waals surface area (Å²) in [7, 11) is 0. The molecule has 2 aromatic carbocycles. The molecule has 2 heterocycles. The number of rotatable bonds is 12. The van der Waals surface area contributed by atoms with Crippen molar-refractivity contribution in [2.24, 2.45) is 0 Å². The average Bonchev–Trinajstić information content (AvgIpc) is 2.95. The molecule has 1 aliphatic heterocycles. The average molecular weight is 560 g/mol. The Morgan fingerprint density at radius 3 is 2.60 bits per heavy atom. The zero-order chi connectivity index (χ0) is 28.5. The molecule has 3 atom stereocenters. The summed E-state index contributed by atoms with van der Waals surface area (Å²) in [6.07, 6.45) is 5.03. The van der Waals surface area contributed by atoms with Crippen LogP contribution in [0.5, 0.6) is 5.88 Å². The number of hydrogen-bond acceptors (Lipinski definition) is 7. The number of carbonyl (C=O) groups is 1. The number of nitrogens with one attached hydrogen (secondary N) is 1. The van der Waals surface area contributed by atoms with Gasteiger partial charge in [0.15, 0.2) is 0 Å². The third kappa shape index (κ3) is 7.07. The van der Waals surface area contributed by atoms with Gasteiger partial charge in [-0.3, -0.25) is 4.72 Å². The molecule has 1 unspecified atom stereocenters. The van der Waals surface area contributed by atoms with E-state index in [1.54, 1.807) is 18.2 Å². The van der Waals surface area contributed by atoms with Crippen LogP contribution in [0.2, 0.25) is 0 Å². The summed E-state index contributed by atoms with van der Waals surface area (Å²) in [6, 6.07) is 22.2. The van der Waals surface area contributed by atoms with Crippen LogP contribution in [0.1, 0.15) is 68.6 Å². The summed E-state index contributed by atoms with van der Waals surface area (Å²) in [6.45, 7) is 3.99. The molecule has 40 heavy (non-hydrogen) atoms. The number of nitrogens with zero attached hydrogens (tertiary/aromatic N) is 2. The highest BCUT2D eigenvalue weighted by atomic mass is 32.2. The number of ether oxygens (including phenoxy) is 1. The Morgan fingerprint density at radius 2 is 1.95 bits per heavy atom. The standard InChI is InChI=1S/C31H33N3O5S/c1-3-16-31(17-15-22-9-6-5-7-10-22)19-27(35)29(30(36)38-31)26(4-2)24-11-8-12-25(18-24)34-40(37)39-28-14-13-23(20-32)21-33-28/h5-14,18,21,26,34-35H,3-4,15-17,19H2,1-2H3/t26-,31-,40?/m1/s1. The van der Waals surface area contributed by atoms with Gasteiger partial charge in [0.25, 0.3) is 0 Å². The monoisotopic (exact) mass is 559 g/mol. The molecule has 1 aromatic heterocycles. The van der Waals surface area contributed by atoms with E-state index in [1.165, 1.54) is 18.3 Å². The topological polar surface area (TPSA) is 122 Å². The molecular weight excluding hydrogens is 526 g/mol. The second-order valence-electron chi connectivity index (χ2n) is 9.85. The number of carbonyl (C=O) groups excluding carboxylic acids is 1. The van der Waals surface area contributed by atoms with Gasteiger partial charge >= 0.3 is 17.2 Å². The van der Waals surface area contributed by atoms with E-state index in [0.717, 1.165) is 24.0 Å². The molecule has 1 aliphatic rings. The van der Waals surface area contributed by atoms with Gasteiger partial charge in [-0.25, -0.2) is 9.78 Å². The number of hydrogen-bond donors (Lipinski definition) is 2. The molecule has 0 fully saturated rings. The number of anilines is 1. The molecule has 8 nitrogen and oxygen atoms in total. The van der Waals surface area contributed by atoms with Gasteiger partial charge in [-0.1, -0.05) is 62.7 Å². The third-order valence-electron chi connectivity index (χ3n) is 7.02. The van der Waals surface area contributed by atoms with E-state index >= 15 is 0 Å². The summed E-state index contributed by atoms with van der Waals surface area (Å²) in [5.74, 6) is -0.719. The molecule has 3 aromatic rings. The SMILES string of the molecule is CCC[C@@]1(CCc2ccccc2)CC(O)=C([C@H](CC)c2cccc(NS(=O)Oc3ccc(C#N)cn3)c2)C(=O)O1. The Kier molecular flexibility index (Phi) is 9.56. The smallest absolute Gasteiger partial charge is 0.338 e. The van der Waals surface area contributed by atoms with Crippen LogP contribution < -0.4 is 8.91 Å². The maximum absolute atomic E-state index is 13.4. The molecule has 0 spiro atoms. The minimum atomic E-state index is -1.95. The molecule has 0 aliphatic carbocycles. The van der Waals surface area contributed by atoms with Crippen LogP contribution in [-0.2, 0) is 27.2 Å². The number of aryl methyl sites for hydroxylation is 1. The van der Waals surface area contributed by atoms with Crippen LogP contribution in [0.4, 0.5) is 5.69 Å². The predicted molar refractivity (Wildman–Crippen MR) is 154 cm³/mol. The molecule has 0 saturated heterocycles. The molecule has 2 N–H and O–H groups in total. The molecule has 0 bridgehead atoms. The summed E-state index contributed by atoms with van der Waals surface area (Å²) < 4.78 is 26.8. The molecule has 208 valence electrons. The summed E-state index contributed by atoms with van der Waals surface area (Å²) in [5.41, 5.74) is 2.33. The van der Waals surface area contributed by atoms with E-state index < -0.39 is 28.8 Å². The van der Waals surface area contributed by atoms with Crippen molar-refractivity contribution in [2.45, 2.75) is 63.9 Å². The third-order valence-corrected chi connectivity index (χ3v) is 7.75. The summed E-state index contributed by atoms with van der Waals surface area (Å²) >= 11 is -1.95. The fraction of sp³-hybridized carbons (Fsp3) is 0.323. The lowest BCUT2D eigenvalue weighted by Crippen LogP contribution is -2.41. The lowest BCUT2D eigenvalue weighted by Gasteiger charge is -2.38. The number of nitriles is 1. The summed E-state index contributed by atoms with van der Waals surface area (Å²) in [4.78, 5) is 17.4. The van der Waals surface area contributed by atoms with E-state index in [4.69, 9.17) is 14.2 Å². The minimum absolute atomic E-state index is 0.0711. The van der Waals surface area contributed by atoms with Crippen molar-refractivity contribution < 1.29 is 23.0 Å². The van der Waals surface area contributed by atoms with Crippen molar-refractivity contribution in [3.05, 3.63) is 101 Å². The van der Waals surface area contributed by atoms with Crippen LogP contribution in [-0.4, -0.2) is 25.9 Å². The highest BCUT2D eigenvalue weighted by molar-refractivity contribution is 7.81. The number of aliphatic hydroxyl groups is 1. The van der Waals surface area contributed by atoms with Gasteiger partial charge in [0.1, 0.15) is 17.4 Å². The van der Waals surface area contributed by atoms with Crippen LogP contribution in [0.3, 0.4) is 0 Å². The van der Waals surface area contributed by atoms with E-state index in [-0.39, 0.29) is 23.6 Å². The Morgan fingerprint density at radius 1 is 1.15 bits per heavy atom. The molecule has 0 amide bonds. The van der Waals surface area contributed by atoms with Crippen molar-refractivity contribution in [3.8, 4) is 11.9 Å². The number of benzene rings is 2. The molecule has 9 heteroatoms. The lowest BCUT2D eigenvalue weighted by atomic mass is 9.80. The highest BCUT2D eigenvalue weighted by Gasteiger charge is 2.43. The van der Waals surface area contributed by atoms with Crippen LogP contribution in [0, 0.1) is 11.3 Å². The second kappa shape index (κ2) is 13.3. The van der Waals surface area contributed by atoms with E-state index in [1.807, 2.05) is 44.2 Å². The Labute approximate surface area is 237 Å². The van der Waals surface area contributed by atoms with Crippen molar-refractivity contribution in [1.82, 2.24) is 4.98 Å². The maximum atomic E-state index is 13.4. The van der Waals surface area contributed by atoms with Gasteiger partial charge in [0, 0.05) is 30.3 Å². The molecule has 0 saturated carbocycles. The van der Waals surface area contributed by atoms with Crippen molar-refractivity contribution in [3.63, 3.8) is 0 Å². The van der Waals surface area contributed by atoms with Gasteiger partial charge in [-0.05, 0) is 55.0 Å². The molecule has 0 radical (unpaired) electrons. The largest absolute Gasteiger partial charge is 0.512 e. The zero-order valence-electron chi connectivity index (χ0n) is 22.6. The molecule has 4 rings (SSSR count). The van der Waals surface area contributed by atoms with Crippen LogP contribution >= 0.6 is 0 Å². The number of esters is 1. The maximum Gasteiger partial charge on any atom is 0.338 e. The normalized spacial score (nSPS) is 18.4. The van der Waals surface area contributed by atoms with Crippen molar-refractivity contribution in [2.75, 3.05) is 4.72 Å². The van der Waals surface area contributed by atoms with Gasteiger partial charge < -0.3 is 14.0 Å². The predicted octanol–water partition coefficient (Wildman–Crippen LogP) is 6.45. The fourth-order valence-electron chi connectivity index (χ4n) is 5.14. The van der Waals surface area contributed by atoms with E-state index in [2.05, 4.69) is 21.8 Å². The van der Waals surface area contributed by atoms with Gasteiger partial charge in [-0.15, -0.1) is 0 Å². The van der Waals surface area contributed by atoms with Crippen LogP contribution in [0.25, 0.3) is 0 Å². The second-order valence-corrected chi connectivity index (χ2v) is 10.7. The quantitative estimate of drug-likeness (QED) is 0.245.